The van der Waals surface area contributed by atoms with Crippen LogP contribution >= 0.6 is 23.2 Å². The van der Waals surface area contributed by atoms with Crippen molar-refractivity contribution in [3.8, 4) is 22.8 Å². The van der Waals surface area contributed by atoms with E-state index in [1.165, 1.54) is 25.5 Å². The minimum absolute atomic E-state index is 0.0309. The van der Waals surface area contributed by atoms with Crippen molar-refractivity contribution in [3.05, 3.63) is 57.9 Å². The summed E-state index contributed by atoms with van der Waals surface area (Å²) in [4.78, 5) is 23.5. The number of ether oxygens (including phenoxy) is 1. The molecule has 0 amide bonds. The summed E-state index contributed by atoms with van der Waals surface area (Å²) in [6.45, 7) is 3.47. The molecule has 0 saturated carbocycles. The Labute approximate surface area is 195 Å². The fourth-order valence-corrected chi connectivity index (χ4v) is 4.05. The van der Waals surface area contributed by atoms with Gasteiger partial charge in [0.25, 0.3) is 0 Å². The normalized spacial score (nSPS) is 14.6. The lowest BCUT2D eigenvalue weighted by Crippen LogP contribution is -2.32. The molecule has 1 aliphatic rings. The molecule has 0 bridgehead atoms. The first-order chi connectivity index (χ1) is 15.5. The van der Waals surface area contributed by atoms with Gasteiger partial charge in [-0.3, -0.25) is 0 Å². The Balaban J connectivity index is 1.66. The van der Waals surface area contributed by atoms with Crippen molar-refractivity contribution in [2.24, 2.45) is 0 Å². The number of furan rings is 1. The van der Waals surface area contributed by atoms with Gasteiger partial charge in [-0.1, -0.05) is 35.7 Å². The summed E-state index contributed by atoms with van der Waals surface area (Å²) < 4.78 is 11.3. The first-order valence-corrected chi connectivity index (χ1v) is 11.2. The van der Waals surface area contributed by atoms with Crippen molar-refractivity contribution >= 4 is 29.2 Å². The SMILES string of the molecule is O=C(O)c1c(COCCN2CCCCC2)nc(-c2ccco2)nc1-c1ccc(Cl)c(Cl)c1. The number of aromatic nitrogens is 2. The molecule has 1 N–H and O–H groups in total. The van der Waals surface area contributed by atoms with Crippen LogP contribution in [-0.4, -0.2) is 52.2 Å². The van der Waals surface area contributed by atoms with E-state index in [2.05, 4.69) is 14.9 Å². The summed E-state index contributed by atoms with van der Waals surface area (Å²) >= 11 is 12.2. The zero-order valence-corrected chi connectivity index (χ0v) is 18.9. The number of benzene rings is 1. The lowest BCUT2D eigenvalue weighted by atomic mass is 10.0. The molecule has 32 heavy (non-hydrogen) atoms. The number of aromatic carboxylic acids is 1. The molecule has 0 spiro atoms. The van der Waals surface area contributed by atoms with Gasteiger partial charge in [-0.25, -0.2) is 14.8 Å². The van der Waals surface area contributed by atoms with E-state index >= 15 is 0 Å². The summed E-state index contributed by atoms with van der Waals surface area (Å²) in [5.74, 6) is -0.444. The molecule has 2 aromatic heterocycles. The molecule has 0 aliphatic carbocycles. The molecule has 3 aromatic rings. The first kappa shape index (κ1) is 22.7. The predicted molar refractivity (Wildman–Crippen MR) is 122 cm³/mol. The number of hydrogen-bond acceptors (Lipinski definition) is 6. The van der Waals surface area contributed by atoms with Crippen LogP contribution in [0.2, 0.25) is 10.0 Å². The monoisotopic (exact) mass is 475 g/mol. The summed E-state index contributed by atoms with van der Waals surface area (Å²) in [6, 6.07) is 8.31. The molecule has 1 fully saturated rings. The summed E-state index contributed by atoms with van der Waals surface area (Å²) in [7, 11) is 0. The molecule has 1 aromatic carbocycles. The zero-order valence-electron chi connectivity index (χ0n) is 17.4. The highest BCUT2D eigenvalue weighted by molar-refractivity contribution is 6.42. The average Bonchev–Trinajstić information content (AvgIpc) is 3.33. The van der Waals surface area contributed by atoms with Gasteiger partial charge in [0.2, 0.25) is 0 Å². The lowest BCUT2D eigenvalue weighted by molar-refractivity contribution is 0.0673. The molecule has 3 heterocycles. The van der Waals surface area contributed by atoms with Gasteiger partial charge in [0, 0.05) is 12.1 Å². The van der Waals surface area contributed by atoms with Crippen LogP contribution in [0, 0.1) is 0 Å². The maximum Gasteiger partial charge on any atom is 0.339 e. The van der Waals surface area contributed by atoms with E-state index in [4.69, 9.17) is 32.4 Å². The summed E-state index contributed by atoms with van der Waals surface area (Å²) in [5, 5.41) is 10.7. The van der Waals surface area contributed by atoms with Crippen LogP contribution in [0.1, 0.15) is 35.3 Å². The van der Waals surface area contributed by atoms with Gasteiger partial charge in [0.1, 0.15) is 5.56 Å². The Morgan fingerprint density at radius 2 is 1.94 bits per heavy atom. The maximum absolute atomic E-state index is 12.2. The second-order valence-electron chi connectivity index (χ2n) is 7.58. The van der Waals surface area contributed by atoms with E-state index in [0.29, 0.717) is 28.0 Å². The van der Waals surface area contributed by atoms with Crippen molar-refractivity contribution in [2.75, 3.05) is 26.2 Å². The molecular weight excluding hydrogens is 453 g/mol. The fourth-order valence-electron chi connectivity index (χ4n) is 3.75. The van der Waals surface area contributed by atoms with Gasteiger partial charge in [-0.2, -0.15) is 0 Å². The molecule has 0 radical (unpaired) electrons. The number of halogens is 2. The summed E-state index contributed by atoms with van der Waals surface area (Å²) in [5.41, 5.74) is 0.990. The van der Waals surface area contributed by atoms with Crippen LogP contribution in [0.4, 0.5) is 0 Å². The third-order valence-electron chi connectivity index (χ3n) is 5.37. The molecule has 7 nitrogen and oxygen atoms in total. The number of carboxylic acids is 1. The third kappa shape index (κ3) is 5.30. The number of carbonyl (C=O) groups is 1. The van der Waals surface area contributed by atoms with Crippen LogP contribution in [0.15, 0.2) is 41.0 Å². The number of likely N-dealkylation sites (tertiary alicyclic amines) is 1. The Kier molecular flexibility index (Phi) is 7.42. The van der Waals surface area contributed by atoms with Gasteiger partial charge >= 0.3 is 5.97 Å². The van der Waals surface area contributed by atoms with Gasteiger partial charge in [-0.15, -0.1) is 0 Å². The molecule has 168 valence electrons. The van der Waals surface area contributed by atoms with E-state index < -0.39 is 5.97 Å². The average molecular weight is 476 g/mol. The van der Waals surface area contributed by atoms with Gasteiger partial charge in [0.05, 0.1) is 40.9 Å². The number of nitrogens with zero attached hydrogens (tertiary/aromatic N) is 3. The molecular formula is C23H23Cl2N3O4. The fraction of sp³-hybridized carbons (Fsp3) is 0.348. The molecule has 0 unspecified atom stereocenters. The zero-order chi connectivity index (χ0) is 22.5. The first-order valence-electron chi connectivity index (χ1n) is 10.5. The van der Waals surface area contributed by atoms with E-state index in [1.807, 2.05) is 0 Å². The van der Waals surface area contributed by atoms with Crippen molar-refractivity contribution in [1.29, 1.82) is 0 Å². The van der Waals surface area contributed by atoms with Crippen molar-refractivity contribution in [1.82, 2.24) is 14.9 Å². The van der Waals surface area contributed by atoms with Gasteiger partial charge in [-0.05, 0) is 50.2 Å². The minimum Gasteiger partial charge on any atom is -0.478 e. The van der Waals surface area contributed by atoms with Gasteiger partial charge < -0.3 is 19.2 Å². The number of rotatable bonds is 8. The second kappa shape index (κ2) is 10.4. The third-order valence-corrected chi connectivity index (χ3v) is 6.11. The topological polar surface area (TPSA) is 88.7 Å². The molecule has 4 rings (SSSR count). The number of piperidine rings is 1. The van der Waals surface area contributed by atoms with Crippen LogP contribution in [0.3, 0.4) is 0 Å². The largest absolute Gasteiger partial charge is 0.478 e. The molecule has 9 heteroatoms. The highest BCUT2D eigenvalue weighted by atomic mass is 35.5. The van der Waals surface area contributed by atoms with Crippen LogP contribution < -0.4 is 0 Å². The van der Waals surface area contributed by atoms with E-state index in [1.54, 1.807) is 30.3 Å². The van der Waals surface area contributed by atoms with Gasteiger partial charge in [0.15, 0.2) is 11.6 Å². The van der Waals surface area contributed by atoms with Crippen LogP contribution in [0.25, 0.3) is 22.8 Å². The van der Waals surface area contributed by atoms with Crippen molar-refractivity contribution < 1.29 is 19.1 Å². The highest BCUT2D eigenvalue weighted by Gasteiger charge is 2.23. The Hall–Kier alpha value is -2.45. The Bertz CT molecular complexity index is 1080. The number of carboxylic acid groups (broad SMARTS) is 1. The van der Waals surface area contributed by atoms with Crippen molar-refractivity contribution in [2.45, 2.75) is 25.9 Å². The lowest BCUT2D eigenvalue weighted by Gasteiger charge is -2.26. The van der Waals surface area contributed by atoms with Crippen LogP contribution in [0.5, 0.6) is 0 Å². The molecule has 1 aliphatic heterocycles. The quantitative estimate of drug-likeness (QED) is 0.435. The standard InChI is InChI=1S/C23H23Cl2N3O4/c24-16-7-6-15(13-17(16)25)21-20(23(29)30)18(26-22(27-21)19-5-4-11-32-19)14-31-12-10-28-8-2-1-3-9-28/h4-7,11,13H,1-3,8-10,12,14H2,(H,29,30). The van der Waals surface area contributed by atoms with Crippen molar-refractivity contribution in [3.63, 3.8) is 0 Å². The maximum atomic E-state index is 12.2. The highest BCUT2D eigenvalue weighted by Crippen LogP contribution is 2.32. The van der Waals surface area contributed by atoms with E-state index in [0.717, 1.165) is 19.6 Å². The molecule has 1 saturated heterocycles. The van der Waals surface area contributed by atoms with Crippen LogP contribution in [-0.2, 0) is 11.3 Å². The summed E-state index contributed by atoms with van der Waals surface area (Å²) in [6.07, 6.45) is 5.19. The second-order valence-corrected chi connectivity index (χ2v) is 8.40. The Morgan fingerprint density at radius 1 is 1.12 bits per heavy atom. The predicted octanol–water partition coefficient (Wildman–Crippen LogP) is 5.41. The number of hydrogen-bond donors (Lipinski definition) is 1. The van der Waals surface area contributed by atoms with E-state index in [-0.39, 0.29) is 29.4 Å². The molecule has 0 atom stereocenters. The Morgan fingerprint density at radius 3 is 2.62 bits per heavy atom. The minimum atomic E-state index is -1.15. The smallest absolute Gasteiger partial charge is 0.339 e. The van der Waals surface area contributed by atoms with E-state index in [9.17, 15) is 9.90 Å².